The molecule has 0 saturated heterocycles. The Bertz CT molecular complexity index is 778. The largest absolute Gasteiger partial charge is 0.351 e. The van der Waals surface area contributed by atoms with Gasteiger partial charge in [0.15, 0.2) is 0 Å². The predicted octanol–water partition coefficient (Wildman–Crippen LogP) is 4.16. The predicted molar refractivity (Wildman–Crippen MR) is 99.0 cm³/mol. The third kappa shape index (κ3) is 5.76. The highest BCUT2D eigenvalue weighted by Gasteiger charge is 2.15. The van der Waals surface area contributed by atoms with Crippen LogP contribution >= 0.6 is 15.9 Å². The van der Waals surface area contributed by atoms with E-state index in [1.807, 2.05) is 25.1 Å². The molecule has 1 unspecified atom stereocenters. The van der Waals surface area contributed by atoms with Crippen molar-refractivity contribution in [2.45, 2.75) is 6.04 Å². The number of rotatable bonds is 6. The fourth-order valence-corrected chi connectivity index (χ4v) is 2.76. The second-order valence-electron chi connectivity index (χ2n) is 5.78. The summed E-state index contributed by atoms with van der Waals surface area (Å²) in [5.74, 6) is -1.07. The molecule has 0 fully saturated rings. The van der Waals surface area contributed by atoms with Gasteiger partial charge in [-0.3, -0.25) is 4.79 Å². The Hall–Kier alpha value is -2.05. The van der Waals surface area contributed by atoms with E-state index in [1.54, 1.807) is 18.2 Å². The number of hydrogen-bond acceptors (Lipinski definition) is 2. The average molecular weight is 409 g/mol. The van der Waals surface area contributed by atoms with E-state index < -0.39 is 5.82 Å². The first-order valence-corrected chi connectivity index (χ1v) is 8.49. The minimum Gasteiger partial charge on any atom is -0.351 e. The number of amides is 1. The summed E-state index contributed by atoms with van der Waals surface area (Å²) in [5.41, 5.74) is 1.09. The molecule has 1 N–H and O–H groups in total. The van der Waals surface area contributed by atoms with E-state index in [0.29, 0.717) is 12.1 Å². The lowest BCUT2D eigenvalue weighted by atomic mass is 10.1. The minimum atomic E-state index is -0.404. The molecule has 0 heterocycles. The Morgan fingerprint density at radius 3 is 2.68 bits per heavy atom. The van der Waals surface area contributed by atoms with Gasteiger partial charge in [-0.05, 0) is 56.1 Å². The topological polar surface area (TPSA) is 32.3 Å². The number of benzene rings is 2. The van der Waals surface area contributed by atoms with Gasteiger partial charge in [0.25, 0.3) is 0 Å². The Kier molecular flexibility index (Phi) is 6.84. The molecule has 0 spiro atoms. The minimum absolute atomic E-state index is 0.171. The van der Waals surface area contributed by atoms with Gasteiger partial charge in [0.05, 0.1) is 6.04 Å². The highest BCUT2D eigenvalue weighted by Crippen LogP contribution is 2.19. The van der Waals surface area contributed by atoms with Crippen LogP contribution in [0.25, 0.3) is 6.08 Å². The van der Waals surface area contributed by atoms with Crippen LogP contribution in [0.2, 0.25) is 0 Å². The third-order valence-corrected chi connectivity index (χ3v) is 4.19. The van der Waals surface area contributed by atoms with Gasteiger partial charge >= 0.3 is 0 Å². The van der Waals surface area contributed by atoms with Gasteiger partial charge in [0.2, 0.25) is 5.91 Å². The summed E-state index contributed by atoms with van der Waals surface area (Å²) in [7, 11) is 3.71. The van der Waals surface area contributed by atoms with Gasteiger partial charge in [-0.25, -0.2) is 8.78 Å². The summed E-state index contributed by atoms with van der Waals surface area (Å²) in [5, 5.41) is 2.76. The van der Waals surface area contributed by atoms with Crippen LogP contribution in [-0.4, -0.2) is 31.4 Å². The Labute approximate surface area is 154 Å². The van der Waals surface area contributed by atoms with E-state index in [0.717, 1.165) is 10.0 Å². The molecule has 0 radical (unpaired) electrons. The Morgan fingerprint density at radius 1 is 1.24 bits per heavy atom. The summed E-state index contributed by atoms with van der Waals surface area (Å²) in [4.78, 5) is 13.9. The number of hydrogen-bond donors (Lipinski definition) is 1. The van der Waals surface area contributed by atoms with Gasteiger partial charge in [-0.15, -0.1) is 0 Å². The van der Waals surface area contributed by atoms with Gasteiger partial charge in [-0.2, -0.15) is 0 Å². The van der Waals surface area contributed by atoms with Gasteiger partial charge in [-0.1, -0.05) is 28.1 Å². The fourth-order valence-electron chi connectivity index (χ4n) is 2.38. The molecule has 2 aromatic rings. The lowest BCUT2D eigenvalue weighted by molar-refractivity contribution is -0.116. The van der Waals surface area contributed by atoms with Crippen molar-refractivity contribution in [1.82, 2.24) is 10.2 Å². The SMILES string of the molecule is CN(C)C(CNC(=O)/C=C/c1cc(Br)ccc1F)c1cccc(F)c1. The van der Waals surface area contributed by atoms with E-state index in [9.17, 15) is 13.6 Å². The summed E-state index contributed by atoms with van der Waals surface area (Å²) in [6, 6.07) is 10.6. The Balaban J connectivity index is 2.01. The first-order chi connectivity index (χ1) is 11.9. The molecule has 0 aliphatic heterocycles. The molecule has 132 valence electrons. The normalized spacial score (nSPS) is 12.6. The summed E-state index contributed by atoms with van der Waals surface area (Å²) in [6.07, 6.45) is 2.70. The number of nitrogens with zero attached hydrogens (tertiary/aromatic N) is 1. The maximum absolute atomic E-state index is 13.7. The molecule has 6 heteroatoms. The smallest absolute Gasteiger partial charge is 0.244 e. The molecular weight excluding hydrogens is 390 g/mol. The van der Waals surface area contributed by atoms with Crippen molar-refractivity contribution in [1.29, 1.82) is 0 Å². The molecule has 2 aromatic carbocycles. The Morgan fingerprint density at radius 2 is 2.00 bits per heavy atom. The number of likely N-dealkylation sites (N-methyl/N-ethyl adjacent to an activating group) is 1. The molecule has 2 rings (SSSR count). The van der Waals surface area contributed by atoms with Crippen LogP contribution in [0.1, 0.15) is 17.2 Å². The monoisotopic (exact) mass is 408 g/mol. The zero-order valence-corrected chi connectivity index (χ0v) is 15.6. The fraction of sp³-hybridized carbons (Fsp3) is 0.211. The van der Waals surface area contributed by atoms with Crippen molar-refractivity contribution in [2.24, 2.45) is 0 Å². The van der Waals surface area contributed by atoms with Crippen molar-refractivity contribution in [3.05, 3.63) is 75.8 Å². The molecule has 0 bridgehead atoms. The van der Waals surface area contributed by atoms with Crippen molar-refractivity contribution >= 4 is 27.9 Å². The number of nitrogens with one attached hydrogen (secondary N) is 1. The van der Waals surface area contributed by atoms with E-state index in [2.05, 4.69) is 21.2 Å². The lowest BCUT2D eigenvalue weighted by Gasteiger charge is -2.24. The van der Waals surface area contributed by atoms with Crippen molar-refractivity contribution in [3.63, 3.8) is 0 Å². The van der Waals surface area contributed by atoms with Crippen molar-refractivity contribution in [2.75, 3.05) is 20.6 Å². The maximum atomic E-state index is 13.7. The average Bonchev–Trinajstić information content (AvgIpc) is 2.55. The summed E-state index contributed by atoms with van der Waals surface area (Å²) in [6.45, 7) is 0.306. The first kappa shape index (κ1) is 19.3. The first-order valence-electron chi connectivity index (χ1n) is 7.69. The molecule has 1 amide bonds. The molecular formula is C19H19BrF2N2O. The highest BCUT2D eigenvalue weighted by atomic mass is 79.9. The zero-order chi connectivity index (χ0) is 18.4. The van der Waals surface area contributed by atoms with Crippen LogP contribution in [0.15, 0.2) is 53.0 Å². The van der Waals surface area contributed by atoms with Crippen molar-refractivity contribution in [3.8, 4) is 0 Å². The number of halogens is 3. The molecule has 0 aliphatic carbocycles. The van der Waals surface area contributed by atoms with Crippen molar-refractivity contribution < 1.29 is 13.6 Å². The number of carbonyl (C=O) groups is 1. The van der Waals surface area contributed by atoms with Crippen LogP contribution in [-0.2, 0) is 4.79 Å². The lowest BCUT2D eigenvalue weighted by Crippen LogP contribution is -2.33. The third-order valence-electron chi connectivity index (χ3n) is 3.70. The zero-order valence-electron chi connectivity index (χ0n) is 14.0. The van der Waals surface area contributed by atoms with Crippen LogP contribution in [0.3, 0.4) is 0 Å². The standard InChI is InChI=1S/C19H19BrF2N2O/c1-24(2)18(14-4-3-5-16(21)11-14)12-23-19(25)9-6-13-10-15(20)7-8-17(13)22/h3-11,18H,12H2,1-2H3,(H,23,25)/b9-6+. The maximum Gasteiger partial charge on any atom is 0.244 e. The molecule has 1 atom stereocenters. The summed E-state index contributed by atoms with van der Waals surface area (Å²) < 4.78 is 27.8. The van der Waals surface area contributed by atoms with Gasteiger partial charge < -0.3 is 10.2 Å². The van der Waals surface area contributed by atoms with Gasteiger partial charge in [0, 0.05) is 22.7 Å². The quantitative estimate of drug-likeness (QED) is 0.727. The van der Waals surface area contributed by atoms with Crippen LogP contribution in [0, 0.1) is 11.6 Å². The van der Waals surface area contributed by atoms with Crippen LogP contribution in [0.4, 0.5) is 8.78 Å². The molecule has 0 aromatic heterocycles. The van der Waals surface area contributed by atoms with Gasteiger partial charge in [0.1, 0.15) is 11.6 Å². The van der Waals surface area contributed by atoms with E-state index in [4.69, 9.17) is 0 Å². The second kappa shape index (κ2) is 8.87. The summed E-state index contributed by atoms with van der Waals surface area (Å²) >= 11 is 3.26. The molecule has 25 heavy (non-hydrogen) atoms. The second-order valence-corrected chi connectivity index (χ2v) is 6.69. The number of carbonyl (C=O) groups excluding carboxylic acids is 1. The van der Waals surface area contributed by atoms with Crippen LogP contribution in [0.5, 0.6) is 0 Å². The molecule has 0 aliphatic rings. The van der Waals surface area contributed by atoms with E-state index in [-0.39, 0.29) is 17.8 Å². The van der Waals surface area contributed by atoms with Crippen LogP contribution < -0.4 is 5.32 Å². The highest BCUT2D eigenvalue weighted by molar-refractivity contribution is 9.10. The van der Waals surface area contributed by atoms with E-state index >= 15 is 0 Å². The molecule has 3 nitrogen and oxygen atoms in total. The molecule has 0 saturated carbocycles. The van der Waals surface area contributed by atoms with E-state index in [1.165, 1.54) is 30.4 Å².